The first kappa shape index (κ1) is 18.7. The van der Waals surface area contributed by atoms with Gasteiger partial charge in [0.1, 0.15) is 11.5 Å². The van der Waals surface area contributed by atoms with Gasteiger partial charge in [0.15, 0.2) is 5.69 Å². The van der Waals surface area contributed by atoms with Gasteiger partial charge >= 0.3 is 0 Å². The molecule has 0 bridgehead atoms. The Kier molecular flexibility index (Phi) is 5.15. The van der Waals surface area contributed by atoms with E-state index in [1.165, 1.54) is 13.0 Å². The summed E-state index contributed by atoms with van der Waals surface area (Å²) >= 11 is 0. The third-order valence-corrected chi connectivity index (χ3v) is 5.75. The maximum absolute atomic E-state index is 14.3. The standard InChI is InChI=1S/C21H25FN4O2/c1-14(27)23-13-15-9-11-25(12-10-15)21(28)20-16-5-4-8-18(16)26(24-20)19-7-3-2-6-17(19)22/h2-3,6-7,15H,4-5,8-13H2,1H3,(H,23,27). The second kappa shape index (κ2) is 7.73. The normalized spacial score (nSPS) is 16.9. The van der Waals surface area contributed by atoms with Crippen molar-refractivity contribution in [1.29, 1.82) is 0 Å². The number of likely N-dealkylation sites (tertiary alicyclic amines) is 1. The van der Waals surface area contributed by atoms with E-state index in [9.17, 15) is 14.0 Å². The van der Waals surface area contributed by atoms with Crippen molar-refractivity contribution in [1.82, 2.24) is 20.0 Å². The monoisotopic (exact) mass is 384 g/mol. The molecule has 2 heterocycles. The molecule has 0 atom stereocenters. The number of rotatable bonds is 4. The van der Waals surface area contributed by atoms with Crippen LogP contribution < -0.4 is 5.32 Å². The number of carbonyl (C=O) groups excluding carboxylic acids is 2. The highest BCUT2D eigenvalue weighted by molar-refractivity contribution is 5.94. The number of hydrogen-bond acceptors (Lipinski definition) is 3. The molecule has 0 saturated carbocycles. The van der Waals surface area contributed by atoms with Gasteiger partial charge < -0.3 is 10.2 Å². The number of hydrogen-bond donors (Lipinski definition) is 1. The van der Waals surface area contributed by atoms with Crippen LogP contribution in [0.15, 0.2) is 24.3 Å². The molecule has 1 aliphatic heterocycles. The van der Waals surface area contributed by atoms with Crippen molar-refractivity contribution in [2.75, 3.05) is 19.6 Å². The summed E-state index contributed by atoms with van der Waals surface area (Å²) in [7, 11) is 0. The van der Waals surface area contributed by atoms with Gasteiger partial charge in [0.2, 0.25) is 5.91 Å². The number of carbonyl (C=O) groups is 2. The number of fused-ring (bicyclic) bond motifs is 1. The average Bonchev–Trinajstić information content (AvgIpc) is 3.30. The van der Waals surface area contributed by atoms with Crippen LogP contribution in [0.5, 0.6) is 0 Å². The molecule has 2 aromatic rings. The van der Waals surface area contributed by atoms with Crippen LogP contribution in [0.1, 0.15) is 47.9 Å². The number of piperidine rings is 1. The third-order valence-electron chi connectivity index (χ3n) is 5.75. The zero-order chi connectivity index (χ0) is 19.7. The van der Waals surface area contributed by atoms with E-state index < -0.39 is 0 Å². The van der Waals surface area contributed by atoms with E-state index in [1.807, 2.05) is 4.90 Å². The lowest BCUT2D eigenvalue weighted by atomic mass is 9.96. The molecule has 7 heteroatoms. The topological polar surface area (TPSA) is 67.2 Å². The minimum atomic E-state index is -0.336. The first-order chi connectivity index (χ1) is 13.5. The Balaban J connectivity index is 1.53. The van der Waals surface area contributed by atoms with Crippen molar-refractivity contribution in [2.45, 2.75) is 39.0 Å². The van der Waals surface area contributed by atoms with Crippen LogP contribution >= 0.6 is 0 Å². The molecular weight excluding hydrogens is 359 g/mol. The average molecular weight is 384 g/mol. The van der Waals surface area contributed by atoms with Crippen molar-refractivity contribution >= 4 is 11.8 Å². The van der Waals surface area contributed by atoms with Crippen LogP contribution in [-0.2, 0) is 17.6 Å². The molecule has 1 N–H and O–H groups in total. The number of nitrogens with one attached hydrogen (secondary N) is 1. The van der Waals surface area contributed by atoms with E-state index in [2.05, 4.69) is 10.4 Å². The van der Waals surface area contributed by atoms with Crippen molar-refractivity contribution in [2.24, 2.45) is 5.92 Å². The molecule has 28 heavy (non-hydrogen) atoms. The molecule has 4 rings (SSSR count). The van der Waals surface area contributed by atoms with Crippen LogP contribution in [0.4, 0.5) is 4.39 Å². The van der Waals surface area contributed by atoms with Crippen LogP contribution in [0.3, 0.4) is 0 Å². The van der Waals surface area contributed by atoms with Gasteiger partial charge in [0.05, 0.1) is 0 Å². The highest BCUT2D eigenvalue weighted by Crippen LogP contribution is 2.30. The molecule has 1 fully saturated rings. The van der Waals surface area contributed by atoms with Crippen molar-refractivity contribution in [3.05, 3.63) is 47.0 Å². The lowest BCUT2D eigenvalue weighted by Gasteiger charge is -2.31. The number of halogens is 1. The van der Waals surface area contributed by atoms with Crippen LogP contribution in [0.2, 0.25) is 0 Å². The van der Waals surface area contributed by atoms with E-state index in [-0.39, 0.29) is 17.6 Å². The van der Waals surface area contributed by atoms with Crippen LogP contribution in [0.25, 0.3) is 5.69 Å². The third kappa shape index (κ3) is 3.53. The SMILES string of the molecule is CC(=O)NCC1CCN(C(=O)c2nn(-c3ccccc3F)c3c2CCC3)CC1. The summed E-state index contributed by atoms with van der Waals surface area (Å²) in [6.07, 6.45) is 4.30. The maximum Gasteiger partial charge on any atom is 0.274 e. The zero-order valence-electron chi connectivity index (χ0n) is 16.1. The largest absolute Gasteiger partial charge is 0.356 e. The van der Waals surface area contributed by atoms with Crippen LogP contribution in [-0.4, -0.2) is 46.1 Å². The van der Waals surface area contributed by atoms with Crippen molar-refractivity contribution in [3.8, 4) is 5.69 Å². The van der Waals surface area contributed by atoms with E-state index in [4.69, 9.17) is 0 Å². The summed E-state index contributed by atoms with van der Waals surface area (Å²) in [4.78, 5) is 26.1. The van der Waals surface area contributed by atoms with Gasteiger partial charge in [-0.2, -0.15) is 5.10 Å². The van der Waals surface area contributed by atoms with E-state index >= 15 is 0 Å². The summed E-state index contributed by atoms with van der Waals surface area (Å²) in [6.45, 7) is 3.49. The maximum atomic E-state index is 14.3. The molecule has 1 aromatic carbocycles. The molecule has 1 aliphatic carbocycles. The summed E-state index contributed by atoms with van der Waals surface area (Å²) in [5.41, 5.74) is 2.78. The summed E-state index contributed by atoms with van der Waals surface area (Å²) < 4.78 is 15.9. The van der Waals surface area contributed by atoms with E-state index in [1.54, 1.807) is 22.9 Å². The molecule has 2 aliphatic rings. The van der Waals surface area contributed by atoms with Crippen LogP contribution in [0, 0.1) is 11.7 Å². The minimum Gasteiger partial charge on any atom is -0.356 e. The summed E-state index contributed by atoms with van der Waals surface area (Å²) in [5.74, 6) is -0.0221. The fourth-order valence-electron chi connectivity index (χ4n) is 4.21. The molecule has 1 saturated heterocycles. The van der Waals surface area contributed by atoms with Gasteiger partial charge in [0.25, 0.3) is 5.91 Å². The quantitative estimate of drug-likeness (QED) is 0.881. The molecule has 2 amide bonds. The Morgan fingerprint density at radius 2 is 1.96 bits per heavy atom. The van der Waals surface area contributed by atoms with Gasteiger partial charge in [-0.3, -0.25) is 9.59 Å². The van der Waals surface area contributed by atoms with Gasteiger partial charge in [-0.15, -0.1) is 0 Å². The van der Waals surface area contributed by atoms with Crippen molar-refractivity contribution < 1.29 is 14.0 Å². The molecule has 0 unspecified atom stereocenters. The lowest BCUT2D eigenvalue weighted by molar-refractivity contribution is -0.119. The highest BCUT2D eigenvalue weighted by atomic mass is 19.1. The number of aromatic nitrogens is 2. The van der Waals surface area contributed by atoms with Gasteiger partial charge in [0, 0.05) is 37.8 Å². The predicted octanol–water partition coefficient (Wildman–Crippen LogP) is 2.49. The van der Waals surface area contributed by atoms with E-state index in [0.717, 1.165) is 43.4 Å². The Bertz CT molecular complexity index is 900. The summed E-state index contributed by atoms with van der Waals surface area (Å²) in [5, 5.41) is 7.40. The fourth-order valence-corrected chi connectivity index (χ4v) is 4.21. The second-order valence-electron chi connectivity index (χ2n) is 7.66. The highest BCUT2D eigenvalue weighted by Gasteiger charge is 2.31. The molecule has 6 nitrogen and oxygen atoms in total. The second-order valence-corrected chi connectivity index (χ2v) is 7.66. The number of amides is 2. The number of nitrogens with zero attached hydrogens (tertiary/aromatic N) is 3. The Hall–Kier alpha value is -2.70. The Morgan fingerprint density at radius 1 is 1.21 bits per heavy atom. The molecule has 0 spiro atoms. The smallest absolute Gasteiger partial charge is 0.274 e. The summed E-state index contributed by atoms with van der Waals surface area (Å²) in [6, 6.07) is 6.55. The van der Waals surface area contributed by atoms with E-state index in [0.29, 0.717) is 36.9 Å². The molecule has 0 radical (unpaired) electrons. The van der Waals surface area contributed by atoms with Gasteiger partial charge in [-0.1, -0.05) is 12.1 Å². The molecule has 148 valence electrons. The minimum absolute atomic E-state index is 0.0206. The lowest BCUT2D eigenvalue weighted by Crippen LogP contribution is -2.41. The number of para-hydroxylation sites is 1. The first-order valence-electron chi connectivity index (χ1n) is 9.94. The van der Waals surface area contributed by atoms with Gasteiger partial charge in [-0.25, -0.2) is 9.07 Å². The zero-order valence-corrected chi connectivity index (χ0v) is 16.1. The van der Waals surface area contributed by atoms with Gasteiger partial charge in [-0.05, 0) is 50.2 Å². The Labute approximate surface area is 163 Å². The molecular formula is C21H25FN4O2. The first-order valence-corrected chi connectivity index (χ1v) is 9.94. The predicted molar refractivity (Wildman–Crippen MR) is 103 cm³/mol. The number of benzene rings is 1. The Morgan fingerprint density at radius 3 is 2.68 bits per heavy atom. The van der Waals surface area contributed by atoms with Crippen molar-refractivity contribution in [3.63, 3.8) is 0 Å². The fraction of sp³-hybridized carbons (Fsp3) is 0.476. The molecule has 1 aromatic heterocycles.